The summed E-state index contributed by atoms with van der Waals surface area (Å²) in [7, 11) is 0. The molecule has 0 aromatic carbocycles. The molecule has 0 radical (unpaired) electrons. The molecule has 0 spiro atoms. The molecule has 0 aliphatic heterocycles. The lowest BCUT2D eigenvalue weighted by Gasteiger charge is -1.95. The molecular formula is C6H6O5. The number of carbonyl (C=O) groups excluding carboxylic acids is 1. The molecule has 0 bridgehead atoms. The van der Waals surface area contributed by atoms with Gasteiger partial charge in [0.15, 0.2) is 5.76 Å². The number of aliphatic hydroxyl groups excluding tert-OH is 2. The zero-order valence-electron chi connectivity index (χ0n) is 5.44. The molecule has 0 unspecified atom stereocenters. The van der Waals surface area contributed by atoms with Crippen LogP contribution in [-0.2, 0) is 9.59 Å². The van der Waals surface area contributed by atoms with E-state index < -0.39 is 23.1 Å². The van der Waals surface area contributed by atoms with Gasteiger partial charge in [0.2, 0.25) is 5.78 Å². The first-order valence-electron chi connectivity index (χ1n) is 2.51. The van der Waals surface area contributed by atoms with Gasteiger partial charge < -0.3 is 15.3 Å². The number of allylic oxidation sites excluding steroid dienone is 1. The van der Waals surface area contributed by atoms with Crippen molar-refractivity contribution in [2.45, 2.75) is 0 Å². The molecule has 0 saturated carbocycles. The van der Waals surface area contributed by atoms with Crippen molar-refractivity contribution in [1.82, 2.24) is 0 Å². The Kier molecular flexibility index (Phi) is 2.85. The van der Waals surface area contributed by atoms with Crippen molar-refractivity contribution in [2.75, 3.05) is 0 Å². The fourth-order valence-electron chi connectivity index (χ4n) is 0.366. The van der Waals surface area contributed by atoms with Gasteiger partial charge >= 0.3 is 5.97 Å². The molecular weight excluding hydrogens is 152 g/mol. The van der Waals surface area contributed by atoms with Crippen LogP contribution in [0.15, 0.2) is 24.2 Å². The number of ketones is 1. The third-order valence-electron chi connectivity index (χ3n) is 0.866. The molecule has 0 rings (SSSR count). The number of hydrogen-bond donors (Lipinski definition) is 3. The van der Waals surface area contributed by atoms with Crippen LogP contribution in [-0.4, -0.2) is 27.1 Å². The van der Waals surface area contributed by atoms with Crippen molar-refractivity contribution in [1.29, 1.82) is 0 Å². The summed E-state index contributed by atoms with van der Waals surface area (Å²) in [6.45, 7) is 2.80. The number of aliphatic carboxylic acids is 1. The van der Waals surface area contributed by atoms with Crippen LogP contribution in [0.3, 0.4) is 0 Å². The number of Topliss-reactive ketones (excluding diaryl/α,β-unsaturated/α-hetero) is 1. The number of hydrogen-bond acceptors (Lipinski definition) is 4. The van der Waals surface area contributed by atoms with Crippen LogP contribution in [0, 0.1) is 0 Å². The van der Waals surface area contributed by atoms with E-state index in [1.165, 1.54) is 0 Å². The first kappa shape index (κ1) is 9.22. The summed E-state index contributed by atoms with van der Waals surface area (Å²) in [6.07, 6.45) is 0.103. The normalized spacial score (nSPS) is 10.7. The summed E-state index contributed by atoms with van der Waals surface area (Å²) in [4.78, 5) is 20.6. The smallest absolute Gasteiger partial charge is 0.343 e. The fraction of sp³-hybridized carbons (Fsp3) is 0. The van der Waals surface area contributed by atoms with Gasteiger partial charge in [-0.3, -0.25) is 4.79 Å². The van der Waals surface area contributed by atoms with Crippen molar-refractivity contribution >= 4 is 11.8 Å². The lowest BCUT2D eigenvalue weighted by Crippen LogP contribution is -2.13. The van der Waals surface area contributed by atoms with Crippen LogP contribution in [0.25, 0.3) is 0 Å². The van der Waals surface area contributed by atoms with Gasteiger partial charge in [-0.1, -0.05) is 6.58 Å². The molecule has 0 aromatic rings. The predicted molar refractivity (Wildman–Crippen MR) is 35.1 cm³/mol. The van der Waals surface area contributed by atoms with Gasteiger partial charge in [0, 0.05) is 0 Å². The molecule has 0 aliphatic carbocycles. The minimum absolute atomic E-state index is 0.103. The summed E-state index contributed by atoms with van der Waals surface area (Å²) < 4.78 is 0. The molecule has 0 atom stereocenters. The van der Waals surface area contributed by atoms with E-state index in [0.29, 0.717) is 0 Å². The van der Waals surface area contributed by atoms with Crippen molar-refractivity contribution in [3.8, 4) is 0 Å². The van der Waals surface area contributed by atoms with E-state index in [4.69, 9.17) is 15.3 Å². The zero-order valence-corrected chi connectivity index (χ0v) is 5.44. The number of aliphatic hydroxyl groups is 2. The van der Waals surface area contributed by atoms with Crippen molar-refractivity contribution in [3.05, 3.63) is 24.2 Å². The van der Waals surface area contributed by atoms with Crippen molar-refractivity contribution in [2.24, 2.45) is 0 Å². The Balaban J connectivity index is 4.69. The molecule has 0 aliphatic rings. The Morgan fingerprint density at radius 1 is 1.27 bits per heavy atom. The fourth-order valence-corrected chi connectivity index (χ4v) is 0.366. The van der Waals surface area contributed by atoms with E-state index in [1.807, 2.05) is 0 Å². The second-order valence-corrected chi connectivity index (χ2v) is 1.62. The molecule has 60 valence electrons. The second-order valence-electron chi connectivity index (χ2n) is 1.62. The van der Waals surface area contributed by atoms with Gasteiger partial charge in [-0.15, -0.1) is 0 Å². The Hall–Kier alpha value is -1.78. The highest BCUT2D eigenvalue weighted by Gasteiger charge is 2.19. The second kappa shape index (κ2) is 3.40. The molecule has 5 heteroatoms. The molecule has 0 fully saturated rings. The van der Waals surface area contributed by atoms with E-state index in [0.717, 1.165) is 0 Å². The number of carboxylic acids is 1. The highest BCUT2D eigenvalue weighted by molar-refractivity contribution is 6.22. The lowest BCUT2D eigenvalue weighted by molar-refractivity contribution is -0.134. The monoisotopic (exact) mass is 158 g/mol. The minimum Gasteiger partial charge on any atom is -0.515 e. The third kappa shape index (κ3) is 2.13. The molecule has 0 heterocycles. The van der Waals surface area contributed by atoms with Crippen LogP contribution in [0.1, 0.15) is 0 Å². The van der Waals surface area contributed by atoms with E-state index in [1.54, 1.807) is 0 Å². The van der Waals surface area contributed by atoms with E-state index in [2.05, 4.69) is 6.58 Å². The Morgan fingerprint density at radius 2 is 1.73 bits per heavy atom. The van der Waals surface area contributed by atoms with Crippen LogP contribution >= 0.6 is 0 Å². The Morgan fingerprint density at radius 3 is 1.82 bits per heavy atom. The number of rotatable bonds is 3. The zero-order chi connectivity index (χ0) is 9.02. The predicted octanol–water partition coefficient (Wildman–Crippen LogP) is 0.154. The molecule has 11 heavy (non-hydrogen) atoms. The lowest BCUT2D eigenvalue weighted by atomic mass is 10.2. The van der Waals surface area contributed by atoms with Crippen LogP contribution < -0.4 is 0 Å². The Bertz CT molecular complexity index is 237. The molecule has 3 N–H and O–H groups in total. The quantitative estimate of drug-likeness (QED) is 0.235. The van der Waals surface area contributed by atoms with Crippen LogP contribution in [0.5, 0.6) is 0 Å². The summed E-state index contributed by atoms with van der Waals surface area (Å²) >= 11 is 0. The maximum atomic E-state index is 10.6. The summed E-state index contributed by atoms with van der Waals surface area (Å²) in [5, 5.41) is 24.8. The van der Waals surface area contributed by atoms with E-state index in [-0.39, 0.29) is 6.26 Å². The maximum absolute atomic E-state index is 10.6. The first-order valence-corrected chi connectivity index (χ1v) is 2.51. The molecule has 0 aromatic heterocycles. The number of carboxylic acid groups (broad SMARTS) is 1. The van der Waals surface area contributed by atoms with Gasteiger partial charge in [-0.25, -0.2) is 4.79 Å². The average molecular weight is 158 g/mol. The Labute approximate surface area is 61.9 Å². The first-order chi connectivity index (χ1) is 5.00. The van der Waals surface area contributed by atoms with Crippen LogP contribution in [0.2, 0.25) is 0 Å². The van der Waals surface area contributed by atoms with Gasteiger partial charge in [-0.05, 0) is 0 Å². The standard InChI is InChI=1S/C6H6O5/c1-3(8)5(9)4(2-7)6(10)11/h2,7-8H,1H2,(H,10,11)/b4-2-. The molecule has 0 saturated heterocycles. The summed E-state index contributed by atoms with van der Waals surface area (Å²) in [5.41, 5.74) is -0.919. The van der Waals surface area contributed by atoms with Gasteiger partial charge in [-0.2, -0.15) is 0 Å². The average Bonchev–Trinajstić information content (AvgIpc) is 1.88. The van der Waals surface area contributed by atoms with Gasteiger partial charge in [0.25, 0.3) is 0 Å². The number of carbonyl (C=O) groups is 2. The highest BCUT2D eigenvalue weighted by Crippen LogP contribution is 2.00. The SMILES string of the molecule is C=C(O)C(=O)/C(=C/O)C(=O)O. The third-order valence-corrected chi connectivity index (χ3v) is 0.866. The van der Waals surface area contributed by atoms with Gasteiger partial charge in [0.05, 0.1) is 6.26 Å². The van der Waals surface area contributed by atoms with Gasteiger partial charge in [0.1, 0.15) is 5.57 Å². The topological polar surface area (TPSA) is 94.8 Å². The highest BCUT2D eigenvalue weighted by atomic mass is 16.4. The van der Waals surface area contributed by atoms with Crippen LogP contribution in [0.4, 0.5) is 0 Å². The van der Waals surface area contributed by atoms with E-state index in [9.17, 15) is 9.59 Å². The van der Waals surface area contributed by atoms with Crippen molar-refractivity contribution < 1.29 is 24.9 Å². The van der Waals surface area contributed by atoms with Crippen molar-refractivity contribution in [3.63, 3.8) is 0 Å². The maximum Gasteiger partial charge on any atom is 0.343 e. The summed E-state index contributed by atoms with van der Waals surface area (Å²) in [5.74, 6) is -3.75. The molecule has 5 nitrogen and oxygen atoms in total. The summed E-state index contributed by atoms with van der Waals surface area (Å²) in [6, 6.07) is 0. The molecule has 0 amide bonds. The minimum atomic E-state index is -1.62. The van der Waals surface area contributed by atoms with E-state index >= 15 is 0 Å². The largest absolute Gasteiger partial charge is 0.515 e.